The summed E-state index contributed by atoms with van der Waals surface area (Å²) in [7, 11) is 0. The van der Waals surface area contributed by atoms with Crippen LogP contribution in [-0.2, 0) is 4.79 Å². The van der Waals surface area contributed by atoms with Gasteiger partial charge in [-0.05, 0) is 5.57 Å². The molecule has 0 aromatic rings. The van der Waals surface area contributed by atoms with Gasteiger partial charge in [-0.1, -0.05) is 18.2 Å². The predicted octanol–water partition coefficient (Wildman–Crippen LogP) is -0.00220. The quantitative estimate of drug-likeness (QED) is 0.575. The molecule has 2 aliphatic rings. The van der Waals surface area contributed by atoms with Crippen molar-refractivity contribution in [1.29, 1.82) is 0 Å². The molecule has 1 heterocycles. The van der Waals surface area contributed by atoms with E-state index in [1.807, 2.05) is 18.2 Å². The Bertz CT molecular complexity index is 355. The van der Waals surface area contributed by atoms with Crippen LogP contribution in [0.3, 0.4) is 0 Å². The van der Waals surface area contributed by atoms with Crippen LogP contribution in [-0.4, -0.2) is 23.7 Å². The van der Waals surface area contributed by atoms with Crippen molar-refractivity contribution in [2.45, 2.75) is 6.04 Å². The van der Waals surface area contributed by atoms with Gasteiger partial charge in [0, 0.05) is 18.7 Å². The maximum absolute atomic E-state index is 10.8. The van der Waals surface area contributed by atoms with Gasteiger partial charge in [0.15, 0.2) is 0 Å². The van der Waals surface area contributed by atoms with Gasteiger partial charge >= 0.3 is 5.97 Å². The summed E-state index contributed by atoms with van der Waals surface area (Å²) in [5.74, 6) is -0.915. The number of nitrogens with one attached hydrogen (secondary N) is 1. The monoisotopic (exact) mass is 192 g/mol. The minimum Gasteiger partial charge on any atom is -0.478 e. The second-order valence-electron chi connectivity index (χ2n) is 3.43. The molecule has 2 atom stereocenters. The topological polar surface area (TPSA) is 75.3 Å². The standard InChI is InChI=1S/C10H12N2O2/c11-4-6-1-2-7-8(10(13)14)5-12-9(7)3-6/h1-3,5,7,9,12H,4,11H2,(H,13,14). The summed E-state index contributed by atoms with van der Waals surface area (Å²) < 4.78 is 0. The van der Waals surface area contributed by atoms with Gasteiger partial charge < -0.3 is 16.2 Å². The summed E-state index contributed by atoms with van der Waals surface area (Å²) in [6, 6.07) is 0.0599. The summed E-state index contributed by atoms with van der Waals surface area (Å²) in [5, 5.41) is 11.9. The zero-order valence-corrected chi connectivity index (χ0v) is 7.60. The normalized spacial score (nSPS) is 28.9. The van der Waals surface area contributed by atoms with Crippen LogP contribution in [0.15, 0.2) is 35.6 Å². The fourth-order valence-corrected chi connectivity index (χ4v) is 1.81. The van der Waals surface area contributed by atoms with Gasteiger partial charge in [0.1, 0.15) is 0 Å². The van der Waals surface area contributed by atoms with E-state index in [9.17, 15) is 4.79 Å². The summed E-state index contributed by atoms with van der Waals surface area (Å²) in [6.45, 7) is 0.490. The Morgan fingerprint density at radius 2 is 2.43 bits per heavy atom. The molecule has 0 radical (unpaired) electrons. The lowest BCUT2D eigenvalue weighted by atomic mass is 9.89. The third-order valence-corrected chi connectivity index (χ3v) is 2.57. The fourth-order valence-electron chi connectivity index (χ4n) is 1.81. The summed E-state index contributed by atoms with van der Waals surface area (Å²) in [6.07, 6.45) is 7.34. The van der Waals surface area contributed by atoms with Crippen LogP contribution < -0.4 is 11.1 Å². The van der Waals surface area contributed by atoms with E-state index in [2.05, 4.69) is 5.32 Å². The number of hydrogen-bond donors (Lipinski definition) is 3. The number of fused-ring (bicyclic) bond motifs is 1. The lowest BCUT2D eigenvalue weighted by Crippen LogP contribution is -2.28. The minimum atomic E-state index is -0.862. The van der Waals surface area contributed by atoms with Crippen molar-refractivity contribution in [3.05, 3.63) is 35.6 Å². The van der Waals surface area contributed by atoms with Gasteiger partial charge in [0.05, 0.1) is 11.6 Å². The molecular formula is C10H12N2O2. The molecule has 14 heavy (non-hydrogen) atoms. The van der Waals surface area contributed by atoms with Crippen LogP contribution in [0.25, 0.3) is 0 Å². The van der Waals surface area contributed by atoms with E-state index in [1.54, 1.807) is 6.20 Å². The van der Waals surface area contributed by atoms with E-state index in [0.29, 0.717) is 12.1 Å². The zero-order chi connectivity index (χ0) is 10.1. The Morgan fingerprint density at radius 1 is 1.64 bits per heavy atom. The van der Waals surface area contributed by atoms with Gasteiger partial charge in [-0.15, -0.1) is 0 Å². The van der Waals surface area contributed by atoms with E-state index < -0.39 is 5.97 Å². The first-order valence-electron chi connectivity index (χ1n) is 4.50. The van der Waals surface area contributed by atoms with Gasteiger partial charge in [-0.2, -0.15) is 0 Å². The first-order chi connectivity index (χ1) is 6.72. The van der Waals surface area contributed by atoms with Crippen molar-refractivity contribution < 1.29 is 9.90 Å². The predicted molar refractivity (Wildman–Crippen MR) is 52.4 cm³/mol. The average Bonchev–Trinajstić information content (AvgIpc) is 2.59. The maximum Gasteiger partial charge on any atom is 0.333 e. The SMILES string of the molecule is NCC1=CC2NC=C(C(=O)O)C2C=C1. The van der Waals surface area contributed by atoms with Crippen LogP contribution in [0.4, 0.5) is 0 Å². The summed E-state index contributed by atoms with van der Waals surface area (Å²) in [4.78, 5) is 10.8. The Balaban J connectivity index is 2.20. The Morgan fingerprint density at radius 3 is 3.07 bits per heavy atom. The number of hydrogen-bond acceptors (Lipinski definition) is 3. The highest BCUT2D eigenvalue weighted by molar-refractivity contribution is 5.88. The molecule has 0 saturated carbocycles. The highest BCUT2D eigenvalue weighted by Gasteiger charge is 2.31. The maximum atomic E-state index is 10.8. The van der Waals surface area contributed by atoms with E-state index >= 15 is 0 Å². The highest BCUT2D eigenvalue weighted by atomic mass is 16.4. The Hall–Kier alpha value is -1.55. The molecule has 2 unspecified atom stereocenters. The van der Waals surface area contributed by atoms with E-state index in [-0.39, 0.29) is 12.0 Å². The van der Waals surface area contributed by atoms with Crippen molar-refractivity contribution in [3.63, 3.8) is 0 Å². The molecular weight excluding hydrogens is 180 g/mol. The molecule has 4 N–H and O–H groups in total. The van der Waals surface area contributed by atoms with Crippen molar-refractivity contribution in [2.24, 2.45) is 11.7 Å². The second kappa shape index (κ2) is 3.31. The molecule has 0 amide bonds. The highest BCUT2D eigenvalue weighted by Crippen LogP contribution is 2.27. The molecule has 0 aromatic heterocycles. The Labute approximate surface area is 81.8 Å². The molecule has 0 bridgehead atoms. The molecule has 2 rings (SSSR count). The number of aliphatic carboxylic acids is 1. The molecule has 1 aliphatic carbocycles. The molecule has 0 aromatic carbocycles. The molecule has 0 spiro atoms. The van der Waals surface area contributed by atoms with Crippen LogP contribution in [0.5, 0.6) is 0 Å². The average molecular weight is 192 g/mol. The largest absolute Gasteiger partial charge is 0.478 e. The zero-order valence-electron chi connectivity index (χ0n) is 7.60. The molecule has 0 saturated heterocycles. The number of rotatable bonds is 2. The minimum absolute atomic E-state index is 0.0530. The van der Waals surface area contributed by atoms with Gasteiger partial charge in [-0.25, -0.2) is 4.79 Å². The van der Waals surface area contributed by atoms with E-state index in [0.717, 1.165) is 5.57 Å². The van der Waals surface area contributed by atoms with E-state index in [1.165, 1.54) is 0 Å². The van der Waals surface area contributed by atoms with Crippen molar-refractivity contribution in [2.75, 3.05) is 6.54 Å². The molecule has 0 fully saturated rings. The van der Waals surface area contributed by atoms with Crippen LogP contribution in [0.1, 0.15) is 0 Å². The summed E-state index contributed by atoms with van der Waals surface area (Å²) in [5.41, 5.74) is 6.96. The smallest absolute Gasteiger partial charge is 0.333 e. The molecule has 4 nitrogen and oxygen atoms in total. The van der Waals surface area contributed by atoms with Gasteiger partial charge in [-0.3, -0.25) is 0 Å². The molecule has 1 aliphatic heterocycles. The number of carboxylic acids is 1. The van der Waals surface area contributed by atoms with Crippen LogP contribution in [0, 0.1) is 5.92 Å². The molecule has 74 valence electrons. The van der Waals surface area contributed by atoms with Crippen LogP contribution in [0.2, 0.25) is 0 Å². The first-order valence-corrected chi connectivity index (χ1v) is 4.50. The van der Waals surface area contributed by atoms with Crippen molar-refractivity contribution >= 4 is 5.97 Å². The summed E-state index contributed by atoms with van der Waals surface area (Å²) >= 11 is 0. The number of nitrogens with two attached hydrogens (primary N) is 1. The van der Waals surface area contributed by atoms with Gasteiger partial charge in [0.25, 0.3) is 0 Å². The third-order valence-electron chi connectivity index (χ3n) is 2.57. The fraction of sp³-hybridized carbons (Fsp3) is 0.300. The molecule has 4 heteroatoms. The second-order valence-corrected chi connectivity index (χ2v) is 3.43. The third kappa shape index (κ3) is 1.33. The number of carboxylic acid groups (broad SMARTS) is 1. The van der Waals surface area contributed by atoms with E-state index in [4.69, 9.17) is 10.8 Å². The lowest BCUT2D eigenvalue weighted by Gasteiger charge is -2.19. The number of carbonyl (C=O) groups is 1. The van der Waals surface area contributed by atoms with Crippen molar-refractivity contribution in [1.82, 2.24) is 5.32 Å². The van der Waals surface area contributed by atoms with Crippen molar-refractivity contribution in [3.8, 4) is 0 Å². The first kappa shape index (κ1) is 9.02. The van der Waals surface area contributed by atoms with Crippen LogP contribution >= 0.6 is 0 Å². The van der Waals surface area contributed by atoms with Gasteiger partial charge in [0.2, 0.25) is 0 Å². The lowest BCUT2D eigenvalue weighted by molar-refractivity contribution is -0.133. The Kier molecular flexibility index (Phi) is 2.13.